The van der Waals surface area contributed by atoms with Gasteiger partial charge in [0.15, 0.2) is 0 Å². The smallest absolute Gasteiger partial charge is 0.416 e. The summed E-state index contributed by atoms with van der Waals surface area (Å²) in [4.78, 5) is 14.6. The van der Waals surface area contributed by atoms with Gasteiger partial charge in [-0.1, -0.05) is 12.1 Å². The number of aromatic amines is 1. The minimum atomic E-state index is -4.38. The third-order valence-corrected chi connectivity index (χ3v) is 6.31. The van der Waals surface area contributed by atoms with E-state index in [9.17, 15) is 23.1 Å². The molecule has 1 saturated carbocycles. The SMILES string of the molecule is O=C(O)CC1CCc2[nH]c3ccc(OCc4ccc(C5CC5)c(C(F)(F)F)c4)cc3c21. The maximum absolute atomic E-state index is 13.5. The number of nitrogens with one attached hydrogen (secondary N) is 1. The summed E-state index contributed by atoms with van der Waals surface area (Å²) in [6, 6.07) is 9.99. The molecule has 4 nitrogen and oxygen atoms in total. The van der Waals surface area contributed by atoms with Gasteiger partial charge < -0.3 is 14.8 Å². The van der Waals surface area contributed by atoms with Gasteiger partial charge in [-0.05, 0) is 78.5 Å². The molecule has 1 heterocycles. The Morgan fingerprint density at radius 3 is 2.65 bits per heavy atom. The van der Waals surface area contributed by atoms with Gasteiger partial charge in [0.25, 0.3) is 0 Å². The Morgan fingerprint density at radius 2 is 1.94 bits per heavy atom. The quantitative estimate of drug-likeness (QED) is 0.494. The van der Waals surface area contributed by atoms with E-state index in [0.717, 1.165) is 47.8 Å². The predicted molar refractivity (Wildman–Crippen MR) is 109 cm³/mol. The molecule has 5 rings (SSSR count). The van der Waals surface area contributed by atoms with Gasteiger partial charge in [0.1, 0.15) is 12.4 Å². The van der Waals surface area contributed by atoms with Gasteiger partial charge in [-0.2, -0.15) is 13.2 Å². The lowest BCUT2D eigenvalue weighted by atomic mass is 9.96. The molecule has 2 N–H and O–H groups in total. The summed E-state index contributed by atoms with van der Waals surface area (Å²) in [6.07, 6.45) is -1.07. The Labute approximate surface area is 177 Å². The minimum Gasteiger partial charge on any atom is -0.489 e. The first-order chi connectivity index (χ1) is 14.8. The Hall–Kier alpha value is -2.96. The molecule has 0 bridgehead atoms. The number of carboxylic acids is 1. The second-order valence-electron chi connectivity index (χ2n) is 8.54. The van der Waals surface area contributed by atoms with Gasteiger partial charge >= 0.3 is 12.1 Å². The van der Waals surface area contributed by atoms with Crippen LogP contribution in [0.1, 0.15) is 65.5 Å². The molecule has 2 aromatic carbocycles. The lowest BCUT2D eigenvalue weighted by Crippen LogP contribution is -2.10. The fraction of sp³-hybridized carbons (Fsp3) is 0.375. The van der Waals surface area contributed by atoms with E-state index in [-0.39, 0.29) is 24.9 Å². The number of rotatable bonds is 6. The van der Waals surface area contributed by atoms with E-state index in [1.165, 1.54) is 6.07 Å². The van der Waals surface area contributed by atoms with Crippen LogP contribution in [0.5, 0.6) is 5.75 Å². The molecule has 0 spiro atoms. The topological polar surface area (TPSA) is 62.3 Å². The van der Waals surface area contributed by atoms with Crippen LogP contribution in [0.3, 0.4) is 0 Å². The van der Waals surface area contributed by atoms with Crippen LogP contribution in [0, 0.1) is 0 Å². The highest BCUT2D eigenvalue weighted by Gasteiger charge is 2.38. The van der Waals surface area contributed by atoms with Crippen molar-refractivity contribution in [3.05, 3.63) is 64.3 Å². The first-order valence-corrected chi connectivity index (χ1v) is 10.5. The maximum Gasteiger partial charge on any atom is 0.416 e. The monoisotopic (exact) mass is 429 g/mol. The zero-order valence-corrected chi connectivity index (χ0v) is 16.8. The molecule has 1 fully saturated rings. The summed E-state index contributed by atoms with van der Waals surface area (Å²) in [5, 5.41) is 10.1. The number of aryl methyl sites for hydroxylation is 1. The number of hydrogen-bond acceptors (Lipinski definition) is 2. The van der Waals surface area contributed by atoms with Crippen LogP contribution in [-0.4, -0.2) is 16.1 Å². The zero-order chi connectivity index (χ0) is 21.8. The molecule has 1 aromatic heterocycles. The van der Waals surface area contributed by atoms with Crippen molar-refractivity contribution >= 4 is 16.9 Å². The molecule has 0 aliphatic heterocycles. The number of benzene rings is 2. The van der Waals surface area contributed by atoms with E-state index in [0.29, 0.717) is 16.9 Å². The third kappa shape index (κ3) is 3.89. The van der Waals surface area contributed by atoms with Crippen molar-refractivity contribution in [2.45, 2.75) is 56.7 Å². The number of fused-ring (bicyclic) bond motifs is 3. The van der Waals surface area contributed by atoms with E-state index in [2.05, 4.69) is 4.98 Å². The normalized spacial score (nSPS) is 18.4. The van der Waals surface area contributed by atoms with Crippen molar-refractivity contribution in [3.63, 3.8) is 0 Å². The Morgan fingerprint density at radius 1 is 1.13 bits per heavy atom. The number of carbonyl (C=O) groups is 1. The van der Waals surface area contributed by atoms with Crippen molar-refractivity contribution in [1.82, 2.24) is 4.98 Å². The van der Waals surface area contributed by atoms with Gasteiger partial charge in [0.2, 0.25) is 0 Å². The number of halogens is 3. The number of aromatic nitrogens is 1. The molecule has 7 heteroatoms. The maximum atomic E-state index is 13.5. The van der Waals surface area contributed by atoms with Crippen LogP contribution in [0.2, 0.25) is 0 Å². The van der Waals surface area contributed by atoms with Crippen LogP contribution in [0.15, 0.2) is 36.4 Å². The highest BCUT2D eigenvalue weighted by molar-refractivity contribution is 5.88. The Bertz CT molecular complexity index is 1160. The third-order valence-electron chi connectivity index (χ3n) is 6.31. The van der Waals surface area contributed by atoms with Gasteiger partial charge in [-0.15, -0.1) is 0 Å². The summed E-state index contributed by atoms with van der Waals surface area (Å²) >= 11 is 0. The van der Waals surface area contributed by atoms with E-state index in [1.54, 1.807) is 18.2 Å². The number of ether oxygens (including phenoxy) is 1. The summed E-state index contributed by atoms with van der Waals surface area (Å²) in [5.74, 6) is -0.297. The number of H-pyrrole nitrogens is 1. The van der Waals surface area contributed by atoms with Gasteiger partial charge in [-0.3, -0.25) is 4.79 Å². The van der Waals surface area contributed by atoms with Crippen LogP contribution in [0.25, 0.3) is 10.9 Å². The average molecular weight is 429 g/mol. The van der Waals surface area contributed by atoms with Crippen LogP contribution < -0.4 is 4.74 Å². The largest absolute Gasteiger partial charge is 0.489 e. The lowest BCUT2D eigenvalue weighted by molar-refractivity contribution is -0.138. The van der Waals surface area contributed by atoms with Gasteiger partial charge in [0.05, 0.1) is 12.0 Å². The highest BCUT2D eigenvalue weighted by atomic mass is 19.4. The molecule has 2 aliphatic carbocycles. The number of aliphatic carboxylic acids is 1. The molecular weight excluding hydrogens is 407 g/mol. The number of hydrogen-bond donors (Lipinski definition) is 2. The Balaban J connectivity index is 1.39. The van der Waals surface area contributed by atoms with E-state index < -0.39 is 17.7 Å². The van der Waals surface area contributed by atoms with Gasteiger partial charge in [-0.25, -0.2) is 0 Å². The van der Waals surface area contributed by atoms with Crippen molar-refractivity contribution in [3.8, 4) is 5.75 Å². The zero-order valence-electron chi connectivity index (χ0n) is 16.8. The van der Waals surface area contributed by atoms with E-state index in [1.807, 2.05) is 12.1 Å². The van der Waals surface area contributed by atoms with Crippen LogP contribution in [-0.2, 0) is 24.0 Å². The van der Waals surface area contributed by atoms with Crippen molar-refractivity contribution < 1.29 is 27.8 Å². The first kappa shape index (κ1) is 20.0. The number of carboxylic acid groups (broad SMARTS) is 1. The first-order valence-electron chi connectivity index (χ1n) is 10.5. The summed E-state index contributed by atoms with van der Waals surface area (Å²) < 4.78 is 46.3. The molecule has 0 saturated heterocycles. The standard InChI is InChI=1S/C24H22F3NO3/c25-24(26,27)19-9-13(1-6-17(19)14-2-3-14)12-31-16-5-8-20-18(11-16)23-15(10-22(29)30)4-7-21(23)28-20/h1,5-6,8-9,11,14-15,28H,2-4,7,10,12H2,(H,29,30). The summed E-state index contributed by atoms with van der Waals surface area (Å²) in [6.45, 7) is 0.0324. The number of alkyl halides is 3. The van der Waals surface area contributed by atoms with E-state index in [4.69, 9.17) is 4.74 Å². The fourth-order valence-electron chi connectivity index (χ4n) is 4.73. The van der Waals surface area contributed by atoms with E-state index >= 15 is 0 Å². The van der Waals surface area contributed by atoms with Crippen molar-refractivity contribution in [2.24, 2.45) is 0 Å². The van der Waals surface area contributed by atoms with Crippen LogP contribution >= 0.6 is 0 Å². The molecule has 2 aliphatic rings. The molecule has 162 valence electrons. The molecule has 0 amide bonds. The van der Waals surface area contributed by atoms with Crippen molar-refractivity contribution in [1.29, 1.82) is 0 Å². The Kier molecular flexibility index (Phi) is 4.72. The van der Waals surface area contributed by atoms with Crippen molar-refractivity contribution in [2.75, 3.05) is 0 Å². The lowest BCUT2D eigenvalue weighted by Gasteiger charge is -2.15. The molecule has 0 radical (unpaired) electrons. The molecule has 31 heavy (non-hydrogen) atoms. The average Bonchev–Trinajstić information content (AvgIpc) is 3.39. The van der Waals surface area contributed by atoms with Crippen LogP contribution in [0.4, 0.5) is 13.2 Å². The summed E-state index contributed by atoms with van der Waals surface area (Å²) in [5.41, 5.74) is 3.29. The second-order valence-corrected chi connectivity index (χ2v) is 8.54. The predicted octanol–water partition coefficient (Wildman–Crippen LogP) is 6.15. The molecule has 1 atom stereocenters. The van der Waals surface area contributed by atoms with Gasteiger partial charge in [0, 0.05) is 16.6 Å². The summed E-state index contributed by atoms with van der Waals surface area (Å²) in [7, 11) is 0. The molecular formula is C24H22F3NO3. The molecule has 3 aromatic rings. The fourth-order valence-corrected chi connectivity index (χ4v) is 4.73. The highest BCUT2D eigenvalue weighted by Crippen LogP contribution is 2.46. The minimum absolute atomic E-state index is 0.0171. The second kappa shape index (κ2) is 7.32. The molecule has 1 unspecified atom stereocenters.